The van der Waals surface area contributed by atoms with E-state index in [-0.39, 0.29) is 23.5 Å². The van der Waals surface area contributed by atoms with Gasteiger partial charge in [0.2, 0.25) is 5.91 Å². The number of nitrogens with zero attached hydrogens (tertiary/aromatic N) is 2. The maximum Gasteiger partial charge on any atom is 0.264 e. The summed E-state index contributed by atoms with van der Waals surface area (Å²) < 4.78 is 11.8. The van der Waals surface area contributed by atoms with Gasteiger partial charge in [-0.3, -0.25) is 14.5 Å². The van der Waals surface area contributed by atoms with Gasteiger partial charge in [-0.2, -0.15) is 0 Å². The number of ether oxygens (including phenoxy) is 2. The topological polar surface area (TPSA) is 71.1 Å². The highest BCUT2D eigenvalue weighted by molar-refractivity contribution is 5.84. The van der Waals surface area contributed by atoms with Gasteiger partial charge in [-0.1, -0.05) is 18.2 Å². The normalized spacial score (nSPS) is 27.4. The van der Waals surface area contributed by atoms with Crippen molar-refractivity contribution in [1.82, 2.24) is 15.1 Å². The second-order valence-electron chi connectivity index (χ2n) is 7.15. The summed E-state index contributed by atoms with van der Waals surface area (Å²) in [6.07, 6.45) is 0.188. The van der Waals surface area contributed by atoms with Crippen LogP contribution in [0.5, 0.6) is 5.75 Å². The van der Waals surface area contributed by atoms with Crippen LogP contribution in [-0.2, 0) is 20.7 Å². The van der Waals surface area contributed by atoms with E-state index in [0.29, 0.717) is 32.7 Å². The maximum absolute atomic E-state index is 12.7. The molecule has 25 heavy (non-hydrogen) atoms. The lowest BCUT2D eigenvalue weighted by Gasteiger charge is -2.55. The van der Waals surface area contributed by atoms with Crippen molar-refractivity contribution >= 4 is 11.8 Å². The van der Waals surface area contributed by atoms with E-state index < -0.39 is 6.10 Å². The van der Waals surface area contributed by atoms with Gasteiger partial charge in [-0.05, 0) is 18.7 Å². The molecule has 3 aliphatic heterocycles. The summed E-state index contributed by atoms with van der Waals surface area (Å²) in [5.74, 6) is 0.779. The minimum absolute atomic E-state index is 0.0153. The molecule has 2 unspecified atom stereocenters. The predicted molar refractivity (Wildman–Crippen MR) is 90.3 cm³/mol. The summed E-state index contributed by atoms with van der Waals surface area (Å²) >= 11 is 0. The van der Waals surface area contributed by atoms with Gasteiger partial charge < -0.3 is 19.7 Å². The highest BCUT2D eigenvalue weighted by atomic mass is 16.5. The zero-order valence-electron chi connectivity index (χ0n) is 14.5. The zero-order chi connectivity index (χ0) is 17.6. The Hall–Kier alpha value is -2.12. The Balaban J connectivity index is 1.34. The predicted octanol–water partition coefficient (Wildman–Crippen LogP) is -0.352. The number of carbonyl (C=O) groups is 2. The van der Waals surface area contributed by atoms with Crippen molar-refractivity contribution in [3.05, 3.63) is 29.8 Å². The summed E-state index contributed by atoms with van der Waals surface area (Å²) in [5, 5.41) is 2.66. The Labute approximate surface area is 146 Å². The quantitative estimate of drug-likeness (QED) is 0.793. The summed E-state index contributed by atoms with van der Waals surface area (Å²) in [7, 11) is 3.55. The number of rotatable bonds is 2. The van der Waals surface area contributed by atoms with Gasteiger partial charge in [0.05, 0.1) is 19.7 Å². The molecule has 7 nitrogen and oxygen atoms in total. The lowest BCUT2D eigenvalue weighted by Crippen LogP contribution is -2.74. The third-order valence-corrected chi connectivity index (χ3v) is 5.36. The van der Waals surface area contributed by atoms with Crippen molar-refractivity contribution in [3.63, 3.8) is 0 Å². The molecule has 0 radical (unpaired) electrons. The second-order valence-corrected chi connectivity index (χ2v) is 7.15. The average Bonchev–Trinajstić information content (AvgIpc) is 3.02. The van der Waals surface area contributed by atoms with Crippen molar-refractivity contribution in [1.29, 1.82) is 0 Å². The largest absolute Gasteiger partial charge is 0.480 e. The van der Waals surface area contributed by atoms with Gasteiger partial charge in [0.25, 0.3) is 5.91 Å². The molecule has 3 aliphatic rings. The first-order valence-corrected chi connectivity index (χ1v) is 8.60. The fraction of sp³-hybridized carbons (Fsp3) is 0.556. The van der Waals surface area contributed by atoms with Crippen molar-refractivity contribution in [3.8, 4) is 5.75 Å². The molecule has 0 aliphatic carbocycles. The van der Waals surface area contributed by atoms with Crippen LogP contribution in [0.3, 0.4) is 0 Å². The van der Waals surface area contributed by atoms with Crippen LogP contribution in [-0.4, -0.2) is 79.7 Å². The fourth-order valence-electron chi connectivity index (χ4n) is 3.96. The van der Waals surface area contributed by atoms with Crippen LogP contribution in [0, 0.1) is 0 Å². The number of hydrogen-bond donors (Lipinski definition) is 1. The van der Waals surface area contributed by atoms with Gasteiger partial charge in [0, 0.05) is 20.0 Å². The van der Waals surface area contributed by atoms with Gasteiger partial charge in [0.15, 0.2) is 6.10 Å². The lowest BCUT2D eigenvalue weighted by atomic mass is 9.90. The average molecular weight is 345 g/mol. The SMILES string of the molecule is CNC(=O)C1COC2(CN(C(=O)C3Cc4ccccc4O3)C2)CN1C. The Kier molecular flexibility index (Phi) is 3.92. The number of likely N-dealkylation sites (N-methyl/N-ethyl adjacent to an activating group) is 2. The van der Waals surface area contributed by atoms with E-state index in [1.807, 2.05) is 36.2 Å². The molecule has 4 rings (SSSR count). The summed E-state index contributed by atoms with van der Waals surface area (Å²) in [6.45, 7) is 2.09. The molecule has 2 amide bonds. The lowest BCUT2D eigenvalue weighted by molar-refractivity contribution is -0.203. The van der Waals surface area contributed by atoms with E-state index in [1.54, 1.807) is 11.9 Å². The number of hydrogen-bond acceptors (Lipinski definition) is 5. The molecular formula is C18H23N3O4. The van der Waals surface area contributed by atoms with Gasteiger partial charge >= 0.3 is 0 Å². The van der Waals surface area contributed by atoms with E-state index in [9.17, 15) is 9.59 Å². The molecule has 2 fully saturated rings. The molecule has 1 spiro atoms. The molecule has 134 valence electrons. The number of fused-ring (bicyclic) bond motifs is 1. The molecule has 0 aromatic heterocycles. The number of amides is 2. The molecule has 1 aromatic carbocycles. The molecule has 0 saturated carbocycles. The first-order chi connectivity index (χ1) is 12.0. The Morgan fingerprint density at radius 1 is 1.24 bits per heavy atom. The third kappa shape index (κ3) is 2.77. The van der Waals surface area contributed by atoms with Gasteiger partial charge in [0.1, 0.15) is 17.4 Å². The van der Waals surface area contributed by atoms with E-state index in [1.165, 1.54) is 0 Å². The monoisotopic (exact) mass is 345 g/mol. The van der Waals surface area contributed by atoms with E-state index >= 15 is 0 Å². The Morgan fingerprint density at radius 2 is 2.00 bits per heavy atom. The standard InChI is InChI=1S/C18H23N3O4/c1-19-16(22)13-8-24-18(9-20(13)2)10-21(11-18)17(23)15-7-12-5-3-4-6-14(12)25-15/h3-6,13,15H,7-11H2,1-2H3,(H,19,22). The number of morpholine rings is 1. The van der Waals surface area contributed by atoms with Crippen LogP contribution >= 0.6 is 0 Å². The number of nitrogens with one attached hydrogen (secondary N) is 1. The van der Waals surface area contributed by atoms with Crippen LogP contribution in [0.1, 0.15) is 5.56 Å². The molecule has 1 N–H and O–H groups in total. The van der Waals surface area contributed by atoms with Crippen molar-refractivity contribution in [2.24, 2.45) is 0 Å². The summed E-state index contributed by atoms with van der Waals surface area (Å²) in [6, 6.07) is 7.51. The van der Waals surface area contributed by atoms with E-state index in [0.717, 1.165) is 11.3 Å². The van der Waals surface area contributed by atoms with E-state index in [2.05, 4.69) is 5.32 Å². The molecule has 3 heterocycles. The first-order valence-electron chi connectivity index (χ1n) is 8.60. The van der Waals surface area contributed by atoms with Crippen LogP contribution in [0.15, 0.2) is 24.3 Å². The summed E-state index contributed by atoms with van der Waals surface area (Å²) in [4.78, 5) is 28.3. The van der Waals surface area contributed by atoms with Crippen LogP contribution in [0.2, 0.25) is 0 Å². The minimum atomic E-state index is -0.435. The maximum atomic E-state index is 12.7. The molecular weight excluding hydrogens is 322 g/mol. The van der Waals surface area contributed by atoms with Crippen molar-refractivity contribution < 1.29 is 19.1 Å². The number of likely N-dealkylation sites (tertiary alicyclic amines) is 1. The van der Waals surface area contributed by atoms with Crippen LogP contribution in [0.4, 0.5) is 0 Å². The highest BCUT2D eigenvalue weighted by Crippen LogP contribution is 2.34. The molecule has 7 heteroatoms. The van der Waals surface area contributed by atoms with E-state index in [4.69, 9.17) is 9.47 Å². The minimum Gasteiger partial charge on any atom is -0.480 e. The molecule has 2 atom stereocenters. The molecule has 2 saturated heterocycles. The Bertz CT molecular complexity index is 676. The smallest absolute Gasteiger partial charge is 0.264 e. The molecule has 0 bridgehead atoms. The number of benzene rings is 1. The van der Waals surface area contributed by atoms with Crippen LogP contribution in [0.25, 0.3) is 0 Å². The second kappa shape index (κ2) is 6.00. The highest BCUT2D eigenvalue weighted by Gasteiger charge is 2.52. The number of para-hydroxylation sites is 1. The summed E-state index contributed by atoms with van der Waals surface area (Å²) in [5.41, 5.74) is 0.721. The Morgan fingerprint density at radius 3 is 2.68 bits per heavy atom. The number of carbonyl (C=O) groups excluding carboxylic acids is 2. The van der Waals surface area contributed by atoms with Gasteiger partial charge in [-0.25, -0.2) is 0 Å². The third-order valence-electron chi connectivity index (χ3n) is 5.36. The zero-order valence-corrected chi connectivity index (χ0v) is 14.5. The van der Waals surface area contributed by atoms with Crippen LogP contribution < -0.4 is 10.1 Å². The van der Waals surface area contributed by atoms with Crippen molar-refractivity contribution in [2.75, 3.05) is 40.3 Å². The van der Waals surface area contributed by atoms with Crippen molar-refractivity contribution in [2.45, 2.75) is 24.2 Å². The van der Waals surface area contributed by atoms with Gasteiger partial charge in [-0.15, -0.1) is 0 Å². The molecule has 1 aromatic rings. The fourth-order valence-corrected chi connectivity index (χ4v) is 3.96. The first kappa shape index (κ1) is 16.4.